The molecular weight excluding hydrogens is 144 g/mol. The van der Waals surface area contributed by atoms with Gasteiger partial charge in [-0.15, -0.1) is 0 Å². The Morgan fingerprint density at radius 3 is 2.20 bits per heavy atom. The molecule has 1 aromatic rings. The molecule has 0 aliphatic heterocycles. The van der Waals surface area contributed by atoms with Crippen molar-refractivity contribution >= 4 is 10.0 Å². The van der Waals surface area contributed by atoms with Crippen molar-refractivity contribution < 1.29 is 0 Å². The Kier molecular flexibility index (Phi) is 1.94. The third kappa shape index (κ3) is 1.70. The largest absolute Gasteiger partial charge is 0.260 e. The normalized spacial score (nSPS) is 13.1. The van der Waals surface area contributed by atoms with Gasteiger partial charge in [0.05, 0.1) is 11.2 Å². The van der Waals surface area contributed by atoms with Crippen molar-refractivity contribution in [2.24, 2.45) is 0 Å². The van der Waals surface area contributed by atoms with E-state index in [9.17, 15) is 0 Å². The summed E-state index contributed by atoms with van der Waals surface area (Å²) in [5.41, 5.74) is 0. The predicted molar refractivity (Wildman–Crippen MR) is 45.7 cm³/mol. The SMILES string of the molecule is CS(C)(C)c1cnccn1. The van der Waals surface area contributed by atoms with Gasteiger partial charge in [-0.2, -0.15) is 0 Å². The molecule has 2 nitrogen and oxygen atoms in total. The van der Waals surface area contributed by atoms with Crippen LogP contribution in [0.15, 0.2) is 23.6 Å². The summed E-state index contributed by atoms with van der Waals surface area (Å²) < 4.78 is 0. The first kappa shape index (κ1) is 7.54. The van der Waals surface area contributed by atoms with E-state index >= 15 is 0 Å². The monoisotopic (exact) mass is 156 g/mol. The first-order valence-electron chi connectivity index (χ1n) is 3.05. The highest BCUT2D eigenvalue weighted by Crippen LogP contribution is 2.42. The number of hydrogen-bond acceptors (Lipinski definition) is 2. The van der Waals surface area contributed by atoms with E-state index < -0.39 is 10.0 Å². The minimum atomic E-state index is -0.676. The standard InChI is InChI=1S/C7H12N2S/c1-10(2,3)7-6-8-4-5-9-7/h4-6H,1-3H3. The van der Waals surface area contributed by atoms with Crippen molar-refractivity contribution in [2.45, 2.75) is 5.03 Å². The molecule has 0 aromatic carbocycles. The van der Waals surface area contributed by atoms with E-state index in [-0.39, 0.29) is 0 Å². The van der Waals surface area contributed by atoms with Crippen LogP contribution in [0.5, 0.6) is 0 Å². The van der Waals surface area contributed by atoms with Crippen LogP contribution in [0, 0.1) is 0 Å². The topological polar surface area (TPSA) is 25.8 Å². The number of nitrogens with zero attached hydrogens (tertiary/aromatic N) is 2. The van der Waals surface area contributed by atoms with E-state index in [1.165, 1.54) is 0 Å². The molecule has 0 amide bonds. The average molecular weight is 156 g/mol. The summed E-state index contributed by atoms with van der Waals surface area (Å²) in [6.07, 6.45) is 11.9. The molecule has 0 aliphatic rings. The molecule has 0 saturated carbocycles. The maximum Gasteiger partial charge on any atom is 0.0967 e. The van der Waals surface area contributed by atoms with Crippen LogP contribution in [0.2, 0.25) is 0 Å². The molecule has 0 aliphatic carbocycles. The zero-order chi connectivity index (χ0) is 7.61. The minimum Gasteiger partial charge on any atom is -0.260 e. The number of rotatable bonds is 1. The van der Waals surface area contributed by atoms with Crippen molar-refractivity contribution in [3.63, 3.8) is 0 Å². The van der Waals surface area contributed by atoms with Crippen molar-refractivity contribution in [2.75, 3.05) is 18.8 Å². The molecule has 0 saturated heterocycles. The van der Waals surface area contributed by atoms with Gasteiger partial charge in [0.2, 0.25) is 0 Å². The van der Waals surface area contributed by atoms with E-state index in [0.29, 0.717) is 0 Å². The molecule has 1 rings (SSSR count). The van der Waals surface area contributed by atoms with Crippen molar-refractivity contribution in [3.05, 3.63) is 18.6 Å². The summed E-state index contributed by atoms with van der Waals surface area (Å²) in [6, 6.07) is 0. The Hall–Kier alpha value is -0.570. The number of aromatic nitrogens is 2. The van der Waals surface area contributed by atoms with Gasteiger partial charge in [-0.05, 0) is 18.8 Å². The van der Waals surface area contributed by atoms with E-state index in [2.05, 4.69) is 28.7 Å². The summed E-state index contributed by atoms with van der Waals surface area (Å²) in [6.45, 7) is 0. The first-order chi connectivity index (χ1) is 4.61. The molecule has 1 aromatic heterocycles. The van der Waals surface area contributed by atoms with Crippen LogP contribution in [0.1, 0.15) is 0 Å². The molecule has 1 heterocycles. The lowest BCUT2D eigenvalue weighted by Crippen LogP contribution is -1.95. The Labute approximate surface area is 63.0 Å². The second-order valence-electron chi connectivity index (χ2n) is 2.88. The van der Waals surface area contributed by atoms with Crippen LogP contribution in [-0.4, -0.2) is 28.7 Å². The summed E-state index contributed by atoms with van der Waals surface area (Å²) in [7, 11) is -0.676. The molecule has 0 radical (unpaired) electrons. The van der Waals surface area contributed by atoms with Crippen LogP contribution in [-0.2, 0) is 0 Å². The van der Waals surface area contributed by atoms with Gasteiger partial charge in [-0.25, -0.2) is 15.0 Å². The third-order valence-corrected chi connectivity index (χ3v) is 2.63. The lowest BCUT2D eigenvalue weighted by Gasteiger charge is -2.22. The van der Waals surface area contributed by atoms with Gasteiger partial charge in [0, 0.05) is 12.4 Å². The summed E-state index contributed by atoms with van der Waals surface area (Å²) in [4.78, 5) is 8.23. The fourth-order valence-corrected chi connectivity index (χ4v) is 1.36. The number of hydrogen-bond donors (Lipinski definition) is 0. The highest BCUT2D eigenvalue weighted by Gasteiger charge is 2.07. The van der Waals surface area contributed by atoms with Gasteiger partial charge in [0.15, 0.2) is 0 Å². The van der Waals surface area contributed by atoms with Crippen molar-refractivity contribution in [1.82, 2.24) is 9.97 Å². The Balaban J connectivity index is 2.97. The maximum absolute atomic E-state index is 4.22. The van der Waals surface area contributed by atoms with Gasteiger partial charge < -0.3 is 0 Å². The Morgan fingerprint density at radius 2 is 1.90 bits per heavy atom. The fourth-order valence-electron chi connectivity index (χ4n) is 0.602. The molecular formula is C7H12N2S. The summed E-state index contributed by atoms with van der Waals surface area (Å²) >= 11 is 0. The molecule has 0 bridgehead atoms. The van der Waals surface area contributed by atoms with Crippen LogP contribution in [0.4, 0.5) is 0 Å². The zero-order valence-corrected chi connectivity index (χ0v) is 7.35. The van der Waals surface area contributed by atoms with E-state index in [1.54, 1.807) is 12.4 Å². The Bertz CT molecular complexity index is 203. The second-order valence-corrected chi connectivity index (χ2v) is 6.97. The van der Waals surface area contributed by atoms with Crippen molar-refractivity contribution in [3.8, 4) is 0 Å². The predicted octanol–water partition coefficient (Wildman–Crippen LogP) is 1.53. The highest BCUT2D eigenvalue weighted by molar-refractivity contribution is 8.32. The third-order valence-electron chi connectivity index (χ3n) is 1.17. The molecule has 3 heteroatoms. The van der Waals surface area contributed by atoms with Crippen molar-refractivity contribution in [1.29, 1.82) is 0 Å². The van der Waals surface area contributed by atoms with Crippen LogP contribution in [0.3, 0.4) is 0 Å². The van der Waals surface area contributed by atoms with Crippen LogP contribution >= 0.6 is 10.0 Å². The fraction of sp³-hybridized carbons (Fsp3) is 0.429. The van der Waals surface area contributed by atoms with E-state index in [0.717, 1.165) is 5.03 Å². The molecule has 10 heavy (non-hydrogen) atoms. The van der Waals surface area contributed by atoms with Gasteiger partial charge in [-0.3, -0.25) is 4.98 Å². The lowest BCUT2D eigenvalue weighted by atomic mass is 10.8. The molecule has 0 unspecified atom stereocenters. The smallest absolute Gasteiger partial charge is 0.0967 e. The maximum atomic E-state index is 4.22. The van der Waals surface area contributed by atoms with Gasteiger partial charge in [0.1, 0.15) is 0 Å². The molecule has 0 N–H and O–H groups in total. The lowest BCUT2D eigenvalue weighted by molar-refractivity contribution is 1.05. The Morgan fingerprint density at radius 1 is 1.20 bits per heavy atom. The zero-order valence-electron chi connectivity index (χ0n) is 6.53. The molecule has 0 fully saturated rings. The summed E-state index contributed by atoms with van der Waals surface area (Å²) in [5, 5.41) is 1.12. The molecule has 56 valence electrons. The van der Waals surface area contributed by atoms with Gasteiger partial charge in [0.25, 0.3) is 0 Å². The van der Waals surface area contributed by atoms with Crippen LogP contribution < -0.4 is 0 Å². The van der Waals surface area contributed by atoms with E-state index in [1.807, 2.05) is 6.20 Å². The van der Waals surface area contributed by atoms with Gasteiger partial charge >= 0.3 is 0 Å². The minimum absolute atomic E-state index is 0.676. The first-order valence-corrected chi connectivity index (χ1v) is 5.91. The highest BCUT2D eigenvalue weighted by atomic mass is 32.3. The van der Waals surface area contributed by atoms with Crippen LogP contribution in [0.25, 0.3) is 0 Å². The second kappa shape index (κ2) is 2.58. The van der Waals surface area contributed by atoms with Gasteiger partial charge in [-0.1, -0.05) is 0 Å². The molecule has 0 atom stereocenters. The quantitative estimate of drug-likeness (QED) is 0.616. The molecule has 0 spiro atoms. The summed E-state index contributed by atoms with van der Waals surface area (Å²) in [5.74, 6) is 0. The van der Waals surface area contributed by atoms with E-state index in [4.69, 9.17) is 0 Å². The average Bonchev–Trinajstić information content (AvgIpc) is 1.88.